The van der Waals surface area contributed by atoms with Crippen LogP contribution >= 0.6 is 24.0 Å². The molecule has 1 aliphatic heterocycles. The molecule has 3 heterocycles. The standard InChI is InChI=1S/C21H14N2O3S2/c1-12-7-16(25-2)6-5-13(12)3-4-14-10-22-11-15-8-17(26-19(14)15)9-18-20(24)23-21(27)28-18/h5-11H,1-2H3,(H,23,24,27)/b18-9+. The van der Waals surface area contributed by atoms with Crippen LogP contribution in [0.5, 0.6) is 5.75 Å². The monoisotopic (exact) mass is 406 g/mol. The quantitative estimate of drug-likeness (QED) is 0.394. The number of aryl methyl sites for hydroxylation is 1. The zero-order valence-electron chi connectivity index (χ0n) is 15.0. The number of fused-ring (bicyclic) bond motifs is 1. The second kappa shape index (κ2) is 7.50. The highest BCUT2D eigenvalue weighted by atomic mass is 32.2. The van der Waals surface area contributed by atoms with Gasteiger partial charge in [0.05, 0.1) is 17.6 Å². The van der Waals surface area contributed by atoms with E-state index in [2.05, 4.69) is 22.1 Å². The van der Waals surface area contributed by atoms with Crippen LogP contribution in [-0.2, 0) is 4.79 Å². The van der Waals surface area contributed by atoms with E-state index in [0.29, 0.717) is 26.1 Å². The lowest BCUT2D eigenvalue weighted by atomic mass is 10.1. The molecule has 1 N–H and O–H groups in total. The molecule has 1 aliphatic rings. The Hall–Kier alpha value is -3.08. The molecule has 1 saturated heterocycles. The SMILES string of the molecule is COc1ccc(C#Cc2cncc3cc(/C=C4/SC(=S)NC4=O)oc23)c(C)c1. The van der Waals surface area contributed by atoms with E-state index in [4.69, 9.17) is 21.4 Å². The summed E-state index contributed by atoms with van der Waals surface area (Å²) in [5, 5.41) is 3.40. The molecule has 1 aromatic carbocycles. The summed E-state index contributed by atoms with van der Waals surface area (Å²) in [5.74, 6) is 7.42. The molecule has 4 rings (SSSR count). The Morgan fingerprint density at radius 1 is 1.25 bits per heavy atom. The van der Waals surface area contributed by atoms with Gasteiger partial charge in [-0.1, -0.05) is 35.8 Å². The van der Waals surface area contributed by atoms with Crippen molar-refractivity contribution in [2.24, 2.45) is 0 Å². The Labute approximate surface area is 171 Å². The van der Waals surface area contributed by atoms with Crippen molar-refractivity contribution in [1.82, 2.24) is 10.3 Å². The van der Waals surface area contributed by atoms with Crippen LogP contribution in [0.1, 0.15) is 22.5 Å². The maximum Gasteiger partial charge on any atom is 0.263 e. The van der Waals surface area contributed by atoms with E-state index >= 15 is 0 Å². The fourth-order valence-electron chi connectivity index (χ4n) is 2.73. The Morgan fingerprint density at radius 2 is 2.07 bits per heavy atom. The van der Waals surface area contributed by atoms with Crippen molar-refractivity contribution in [3.8, 4) is 17.6 Å². The van der Waals surface area contributed by atoms with Crippen molar-refractivity contribution < 1.29 is 13.9 Å². The number of hydrogen-bond acceptors (Lipinski definition) is 6. The highest BCUT2D eigenvalue weighted by Crippen LogP contribution is 2.29. The third-order valence-electron chi connectivity index (χ3n) is 4.12. The van der Waals surface area contributed by atoms with Gasteiger partial charge in [0.25, 0.3) is 5.91 Å². The predicted octanol–water partition coefficient (Wildman–Crippen LogP) is 4.03. The number of benzene rings is 1. The third kappa shape index (κ3) is 3.65. The molecule has 1 amide bonds. The minimum atomic E-state index is -0.219. The number of nitrogens with one attached hydrogen (secondary N) is 1. The topological polar surface area (TPSA) is 64.4 Å². The summed E-state index contributed by atoms with van der Waals surface area (Å²) in [6, 6.07) is 7.57. The average Bonchev–Trinajstić information content (AvgIpc) is 3.23. The first kappa shape index (κ1) is 18.3. The second-order valence-electron chi connectivity index (χ2n) is 6.04. The van der Waals surface area contributed by atoms with Crippen LogP contribution in [0.3, 0.4) is 0 Å². The number of carbonyl (C=O) groups is 1. The molecule has 2 aromatic heterocycles. The van der Waals surface area contributed by atoms with Crippen LogP contribution < -0.4 is 10.1 Å². The summed E-state index contributed by atoms with van der Waals surface area (Å²) in [7, 11) is 1.64. The first-order valence-corrected chi connectivity index (χ1v) is 9.55. The Morgan fingerprint density at radius 3 is 2.79 bits per heavy atom. The summed E-state index contributed by atoms with van der Waals surface area (Å²) in [5.41, 5.74) is 3.24. The fourth-order valence-corrected chi connectivity index (χ4v) is 3.75. The van der Waals surface area contributed by atoms with E-state index in [9.17, 15) is 4.79 Å². The van der Waals surface area contributed by atoms with Crippen molar-refractivity contribution in [2.75, 3.05) is 7.11 Å². The zero-order chi connectivity index (χ0) is 19.7. The molecular weight excluding hydrogens is 392 g/mol. The number of methoxy groups -OCH3 is 1. The second-order valence-corrected chi connectivity index (χ2v) is 7.76. The van der Waals surface area contributed by atoms with Gasteiger partial charge in [-0.05, 0) is 36.8 Å². The smallest absolute Gasteiger partial charge is 0.263 e. The van der Waals surface area contributed by atoms with Gasteiger partial charge in [0, 0.05) is 29.4 Å². The van der Waals surface area contributed by atoms with Gasteiger partial charge in [-0.2, -0.15) is 0 Å². The minimum absolute atomic E-state index is 0.219. The summed E-state index contributed by atoms with van der Waals surface area (Å²) in [4.78, 5) is 16.6. The Bertz CT molecular complexity index is 1220. The molecule has 28 heavy (non-hydrogen) atoms. The van der Waals surface area contributed by atoms with E-state index in [1.54, 1.807) is 25.6 Å². The van der Waals surface area contributed by atoms with Crippen LogP contribution in [-0.4, -0.2) is 22.3 Å². The maximum atomic E-state index is 11.8. The number of aromatic nitrogens is 1. The van der Waals surface area contributed by atoms with Gasteiger partial charge < -0.3 is 14.5 Å². The van der Waals surface area contributed by atoms with Gasteiger partial charge in [-0.15, -0.1) is 0 Å². The molecule has 0 saturated carbocycles. The first-order valence-electron chi connectivity index (χ1n) is 8.32. The summed E-state index contributed by atoms with van der Waals surface area (Å²) in [6.45, 7) is 1.98. The number of nitrogens with zero attached hydrogens (tertiary/aromatic N) is 1. The Kier molecular flexibility index (Phi) is 4.90. The highest BCUT2D eigenvalue weighted by molar-refractivity contribution is 8.26. The molecule has 0 spiro atoms. The number of hydrogen-bond donors (Lipinski definition) is 1. The van der Waals surface area contributed by atoms with Gasteiger partial charge in [-0.25, -0.2) is 0 Å². The van der Waals surface area contributed by atoms with E-state index in [1.165, 1.54) is 11.8 Å². The normalized spacial score (nSPS) is 14.9. The fraction of sp³-hybridized carbons (Fsp3) is 0.0952. The highest BCUT2D eigenvalue weighted by Gasteiger charge is 2.22. The molecule has 0 unspecified atom stereocenters. The summed E-state index contributed by atoms with van der Waals surface area (Å²) < 4.78 is 11.6. The van der Waals surface area contributed by atoms with E-state index in [-0.39, 0.29) is 5.91 Å². The van der Waals surface area contributed by atoms with Crippen LogP contribution in [0, 0.1) is 18.8 Å². The van der Waals surface area contributed by atoms with Gasteiger partial charge in [0.2, 0.25) is 0 Å². The van der Waals surface area contributed by atoms with Crippen LogP contribution in [0.4, 0.5) is 0 Å². The van der Waals surface area contributed by atoms with Gasteiger partial charge in [0.1, 0.15) is 15.8 Å². The number of amides is 1. The van der Waals surface area contributed by atoms with Crippen molar-refractivity contribution in [3.05, 3.63) is 64.0 Å². The van der Waals surface area contributed by atoms with Crippen molar-refractivity contribution >= 4 is 51.3 Å². The Balaban J connectivity index is 1.70. The maximum absolute atomic E-state index is 11.8. The van der Waals surface area contributed by atoms with E-state index in [0.717, 1.165) is 22.3 Å². The van der Waals surface area contributed by atoms with Crippen LogP contribution in [0.2, 0.25) is 0 Å². The number of ether oxygens (including phenoxy) is 1. The average molecular weight is 406 g/mol. The molecule has 7 heteroatoms. The lowest BCUT2D eigenvalue weighted by Gasteiger charge is -2.02. The number of furan rings is 1. The van der Waals surface area contributed by atoms with Crippen molar-refractivity contribution in [3.63, 3.8) is 0 Å². The number of thioether (sulfide) groups is 1. The molecule has 138 valence electrons. The molecule has 1 fully saturated rings. The van der Waals surface area contributed by atoms with Crippen LogP contribution in [0.25, 0.3) is 17.0 Å². The molecule has 0 bridgehead atoms. The summed E-state index contributed by atoms with van der Waals surface area (Å²) >= 11 is 6.22. The van der Waals surface area contributed by atoms with Gasteiger partial charge in [-0.3, -0.25) is 9.78 Å². The number of pyridine rings is 1. The summed E-state index contributed by atoms with van der Waals surface area (Å²) in [6.07, 6.45) is 5.04. The van der Waals surface area contributed by atoms with Gasteiger partial charge >= 0.3 is 0 Å². The molecule has 0 radical (unpaired) electrons. The molecule has 0 aliphatic carbocycles. The number of rotatable bonds is 2. The van der Waals surface area contributed by atoms with Crippen molar-refractivity contribution in [1.29, 1.82) is 0 Å². The van der Waals surface area contributed by atoms with Crippen LogP contribution in [0.15, 0.2) is 46.0 Å². The zero-order valence-corrected chi connectivity index (χ0v) is 16.7. The number of thiocarbonyl (C=S) groups is 1. The minimum Gasteiger partial charge on any atom is -0.497 e. The van der Waals surface area contributed by atoms with E-state index in [1.807, 2.05) is 31.2 Å². The first-order chi connectivity index (χ1) is 13.5. The molecule has 3 aromatic rings. The van der Waals surface area contributed by atoms with Crippen molar-refractivity contribution in [2.45, 2.75) is 6.92 Å². The third-order valence-corrected chi connectivity index (χ3v) is 5.29. The molecule has 5 nitrogen and oxygen atoms in total. The van der Waals surface area contributed by atoms with E-state index < -0.39 is 0 Å². The number of carbonyl (C=O) groups excluding carboxylic acids is 1. The lowest BCUT2D eigenvalue weighted by molar-refractivity contribution is -0.115. The lowest BCUT2D eigenvalue weighted by Crippen LogP contribution is -2.17. The molecule has 0 atom stereocenters. The molecular formula is C21H14N2O3S2. The van der Waals surface area contributed by atoms with Gasteiger partial charge in [0.15, 0.2) is 5.58 Å². The predicted molar refractivity (Wildman–Crippen MR) is 114 cm³/mol. The largest absolute Gasteiger partial charge is 0.497 e.